The molecule has 0 atom stereocenters. The molecular weight excluding hydrogens is 413 g/mol. The Morgan fingerprint density at radius 2 is 1.53 bits per heavy atom. The predicted octanol–water partition coefficient (Wildman–Crippen LogP) is 4.09. The number of amides is 2. The predicted molar refractivity (Wildman–Crippen MR) is 117 cm³/mol. The van der Waals surface area contributed by atoms with Crippen LogP contribution in [-0.4, -0.2) is 23.5 Å². The number of rotatable bonds is 7. The Morgan fingerprint density at radius 3 is 2.16 bits per heavy atom. The maximum atomic E-state index is 12.9. The summed E-state index contributed by atoms with van der Waals surface area (Å²) in [5.74, 6) is -0.905. The molecule has 2 amide bonds. The molecule has 0 aromatic heterocycles. The summed E-state index contributed by atoms with van der Waals surface area (Å²) in [5, 5.41) is 23.8. The number of hydrogen-bond acceptors (Lipinski definition) is 5. The van der Waals surface area contributed by atoms with E-state index in [1.807, 2.05) is 6.07 Å². The number of carbonyl (C=O) groups excluding carboxylic acids is 2. The van der Waals surface area contributed by atoms with Crippen LogP contribution in [0.2, 0.25) is 0 Å². The van der Waals surface area contributed by atoms with Crippen LogP contribution >= 0.6 is 0 Å². The number of ether oxygens (including phenoxy) is 1. The van der Waals surface area contributed by atoms with E-state index in [0.29, 0.717) is 22.7 Å². The topological polar surface area (TPSA) is 111 Å². The quantitative estimate of drug-likeness (QED) is 0.296. The molecule has 0 saturated carbocycles. The number of hydrogen-bond donors (Lipinski definition) is 3. The molecule has 32 heavy (non-hydrogen) atoms. The Morgan fingerprint density at radius 1 is 0.938 bits per heavy atom. The molecule has 0 aliphatic heterocycles. The summed E-state index contributed by atoms with van der Waals surface area (Å²) in [6, 6.07) is 19.6. The number of anilines is 2. The van der Waals surface area contributed by atoms with Crippen LogP contribution in [0.15, 0.2) is 78.4 Å². The van der Waals surface area contributed by atoms with Crippen LogP contribution < -0.4 is 15.4 Å². The molecule has 0 radical (unpaired) electrons. The summed E-state index contributed by atoms with van der Waals surface area (Å²) in [6.07, 6.45) is 1.42. The molecule has 8 heteroatoms. The van der Waals surface area contributed by atoms with Crippen molar-refractivity contribution in [3.05, 3.63) is 89.8 Å². The molecule has 3 rings (SSSR count). The number of nitrogens with one attached hydrogen (secondary N) is 2. The van der Waals surface area contributed by atoms with Crippen LogP contribution in [0.4, 0.5) is 15.8 Å². The van der Waals surface area contributed by atoms with Gasteiger partial charge in [-0.15, -0.1) is 0 Å². The number of aromatic hydroxyl groups is 1. The summed E-state index contributed by atoms with van der Waals surface area (Å²) in [7, 11) is 0. The first-order valence-corrected chi connectivity index (χ1v) is 9.43. The van der Waals surface area contributed by atoms with Crippen molar-refractivity contribution in [3.63, 3.8) is 0 Å². The number of benzene rings is 3. The molecule has 0 unspecified atom stereocenters. The van der Waals surface area contributed by atoms with E-state index in [0.717, 1.165) is 0 Å². The van der Waals surface area contributed by atoms with Crippen molar-refractivity contribution in [2.24, 2.45) is 0 Å². The van der Waals surface area contributed by atoms with E-state index in [1.165, 1.54) is 54.6 Å². The molecule has 0 aliphatic carbocycles. The molecule has 3 aromatic rings. The highest BCUT2D eigenvalue weighted by Gasteiger charge is 2.10. The Balaban J connectivity index is 1.56. The van der Waals surface area contributed by atoms with Crippen molar-refractivity contribution in [2.75, 3.05) is 17.2 Å². The zero-order valence-corrected chi connectivity index (χ0v) is 16.7. The summed E-state index contributed by atoms with van der Waals surface area (Å²) in [6.45, 7) is -0.245. The van der Waals surface area contributed by atoms with Crippen molar-refractivity contribution in [2.45, 2.75) is 0 Å². The first kappa shape index (κ1) is 22.1. The lowest BCUT2D eigenvalue weighted by Crippen LogP contribution is -2.20. The second-order valence-corrected chi connectivity index (χ2v) is 6.58. The standard InChI is InChI=1S/C24H18FN3O4/c25-18-3-5-19(6-4-18)27-23(30)15-32-22-11-1-16(2-12-22)13-17(14-26)24(31)28-20-7-9-21(29)10-8-20/h1-13,29H,15H2,(H,27,30)(H,28,31). The Kier molecular flexibility index (Phi) is 7.17. The maximum absolute atomic E-state index is 12.9. The number of phenols is 1. The second kappa shape index (κ2) is 10.4. The first-order chi connectivity index (χ1) is 15.4. The SMILES string of the molecule is N#CC(=Cc1ccc(OCC(=O)Nc2ccc(F)cc2)cc1)C(=O)Nc1ccc(O)cc1. The van der Waals surface area contributed by atoms with Crippen LogP contribution in [0.25, 0.3) is 6.08 Å². The minimum absolute atomic E-state index is 0.0642. The van der Waals surface area contributed by atoms with Crippen molar-refractivity contribution in [3.8, 4) is 17.6 Å². The van der Waals surface area contributed by atoms with Gasteiger partial charge in [0.15, 0.2) is 6.61 Å². The van der Waals surface area contributed by atoms with Gasteiger partial charge in [-0.1, -0.05) is 12.1 Å². The van der Waals surface area contributed by atoms with Gasteiger partial charge in [-0.25, -0.2) is 4.39 Å². The average molecular weight is 431 g/mol. The van der Waals surface area contributed by atoms with E-state index < -0.39 is 17.6 Å². The van der Waals surface area contributed by atoms with Gasteiger partial charge in [-0.2, -0.15) is 5.26 Å². The first-order valence-electron chi connectivity index (χ1n) is 9.43. The van der Waals surface area contributed by atoms with E-state index >= 15 is 0 Å². The molecule has 3 aromatic carbocycles. The number of carbonyl (C=O) groups is 2. The lowest BCUT2D eigenvalue weighted by Gasteiger charge is -2.08. The molecule has 7 nitrogen and oxygen atoms in total. The summed E-state index contributed by atoms with van der Waals surface area (Å²) in [4.78, 5) is 24.2. The Hall–Kier alpha value is -4.64. The number of nitrogens with zero attached hydrogens (tertiary/aromatic N) is 1. The number of nitriles is 1. The smallest absolute Gasteiger partial charge is 0.266 e. The third-order valence-electron chi connectivity index (χ3n) is 4.18. The second-order valence-electron chi connectivity index (χ2n) is 6.58. The number of phenolic OH excluding ortho intramolecular Hbond substituents is 1. The van der Waals surface area contributed by atoms with Gasteiger partial charge in [-0.05, 0) is 72.3 Å². The minimum Gasteiger partial charge on any atom is -0.508 e. The summed E-state index contributed by atoms with van der Waals surface area (Å²) >= 11 is 0. The fraction of sp³-hybridized carbons (Fsp3) is 0.0417. The van der Waals surface area contributed by atoms with Crippen molar-refractivity contribution < 1.29 is 23.8 Å². The summed E-state index contributed by atoms with van der Waals surface area (Å²) in [5.41, 5.74) is 1.38. The van der Waals surface area contributed by atoms with Crippen LogP contribution in [0, 0.1) is 17.1 Å². The van der Waals surface area contributed by atoms with Gasteiger partial charge in [0.05, 0.1) is 0 Å². The van der Waals surface area contributed by atoms with Crippen molar-refractivity contribution in [1.82, 2.24) is 0 Å². The van der Waals surface area contributed by atoms with Gasteiger partial charge in [0.1, 0.15) is 29.0 Å². The highest BCUT2D eigenvalue weighted by atomic mass is 19.1. The molecule has 3 N–H and O–H groups in total. The molecule has 160 valence electrons. The van der Waals surface area contributed by atoms with E-state index in [9.17, 15) is 24.3 Å². The zero-order valence-electron chi connectivity index (χ0n) is 16.7. The molecule has 0 aliphatic rings. The third-order valence-corrected chi connectivity index (χ3v) is 4.18. The fourth-order valence-corrected chi connectivity index (χ4v) is 2.60. The van der Waals surface area contributed by atoms with Gasteiger partial charge in [-0.3, -0.25) is 9.59 Å². The highest BCUT2D eigenvalue weighted by molar-refractivity contribution is 6.09. The Labute approximate surface area is 183 Å². The normalized spacial score (nSPS) is 10.7. The van der Waals surface area contributed by atoms with Gasteiger partial charge < -0.3 is 20.5 Å². The third kappa shape index (κ3) is 6.43. The lowest BCUT2D eigenvalue weighted by molar-refractivity contribution is -0.118. The molecule has 0 heterocycles. The number of halogens is 1. The lowest BCUT2D eigenvalue weighted by atomic mass is 10.1. The molecular formula is C24H18FN3O4. The average Bonchev–Trinajstić information content (AvgIpc) is 2.80. The zero-order chi connectivity index (χ0) is 22.9. The molecule has 0 bridgehead atoms. The monoisotopic (exact) mass is 431 g/mol. The van der Waals surface area contributed by atoms with Crippen LogP contribution in [0.1, 0.15) is 5.56 Å². The Bertz CT molecular complexity index is 1170. The van der Waals surface area contributed by atoms with Crippen LogP contribution in [-0.2, 0) is 9.59 Å². The van der Waals surface area contributed by atoms with Crippen molar-refractivity contribution >= 4 is 29.3 Å². The van der Waals surface area contributed by atoms with Gasteiger partial charge in [0.2, 0.25) is 0 Å². The van der Waals surface area contributed by atoms with Gasteiger partial charge >= 0.3 is 0 Å². The van der Waals surface area contributed by atoms with E-state index in [2.05, 4.69) is 10.6 Å². The summed E-state index contributed by atoms with van der Waals surface area (Å²) < 4.78 is 18.3. The van der Waals surface area contributed by atoms with E-state index in [1.54, 1.807) is 24.3 Å². The van der Waals surface area contributed by atoms with Gasteiger partial charge in [0.25, 0.3) is 11.8 Å². The van der Waals surface area contributed by atoms with E-state index in [4.69, 9.17) is 4.74 Å². The maximum Gasteiger partial charge on any atom is 0.266 e. The fourth-order valence-electron chi connectivity index (χ4n) is 2.60. The molecule has 0 spiro atoms. The minimum atomic E-state index is -0.587. The highest BCUT2D eigenvalue weighted by Crippen LogP contribution is 2.17. The van der Waals surface area contributed by atoms with Crippen LogP contribution in [0.3, 0.4) is 0 Å². The largest absolute Gasteiger partial charge is 0.508 e. The van der Waals surface area contributed by atoms with Crippen LogP contribution in [0.5, 0.6) is 11.5 Å². The molecule has 0 fully saturated rings. The van der Waals surface area contributed by atoms with Gasteiger partial charge in [0, 0.05) is 11.4 Å². The molecule has 0 saturated heterocycles. The van der Waals surface area contributed by atoms with E-state index in [-0.39, 0.29) is 17.9 Å². The van der Waals surface area contributed by atoms with Crippen molar-refractivity contribution in [1.29, 1.82) is 5.26 Å².